The molecule has 0 unspecified atom stereocenters. The summed E-state index contributed by atoms with van der Waals surface area (Å²) in [7, 11) is 0. The largest absolute Gasteiger partial charge is 0.409 e. The van der Waals surface area contributed by atoms with Crippen LogP contribution in [-0.4, -0.2) is 18.3 Å². The quantitative estimate of drug-likeness (QED) is 0.523. The average Bonchev–Trinajstić information content (AvgIpc) is 2.18. The fourth-order valence-corrected chi connectivity index (χ4v) is 2.81. The topological polar surface area (TPSA) is 55.1 Å². The second kappa shape index (κ2) is 6.03. The van der Waals surface area contributed by atoms with Gasteiger partial charge in [-0.25, -0.2) is 0 Å². The number of nitrogens with two attached hydrogens (primary N) is 1. The molecule has 3 nitrogen and oxygen atoms in total. The van der Waals surface area contributed by atoms with Crippen molar-refractivity contribution in [3.63, 3.8) is 0 Å². The smallest absolute Gasteiger partial charge is 0.399 e. The van der Waals surface area contributed by atoms with Crippen molar-refractivity contribution in [3.8, 4) is 0 Å². The second-order valence-corrected chi connectivity index (χ2v) is 5.57. The monoisotopic (exact) mass is 442 g/mol. The van der Waals surface area contributed by atoms with Gasteiger partial charge in [-0.05, 0) is 44.0 Å². The zero-order chi connectivity index (χ0) is 16.6. The van der Waals surface area contributed by atoms with Gasteiger partial charge in [-0.3, -0.25) is 4.79 Å². The summed E-state index contributed by atoms with van der Waals surface area (Å²) < 4.78 is 74.5. The van der Waals surface area contributed by atoms with E-state index in [9.17, 15) is 31.1 Å². The van der Waals surface area contributed by atoms with Crippen LogP contribution < -0.4 is 11.1 Å². The SMILES string of the molecule is Nc1cc(Br)c(NC(=O)C(C(F)(F)F)C(F)(F)F)c(Br)c1. The fraction of sp³-hybridized carbons (Fsp3) is 0.300. The molecule has 0 radical (unpaired) electrons. The number of alkyl halides is 6. The van der Waals surface area contributed by atoms with Crippen LogP contribution in [0.4, 0.5) is 37.7 Å². The summed E-state index contributed by atoms with van der Waals surface area (Å²) >= 11 is 5.78. The van der Waals surface area contributed by atoms with Gasteiger partial charge < -0.3 is 11.1 Å². The van der Waals surface area contributed by atoms with Crippen LogP contribution in [0.5, 0.6) is 0 Å². The molecule has 0 bridgehead atoms. The van der Waals surface area contributed by atoms with Gasteiger partial charge in [-0.15, -0.1) is 0 Å². The first-order chi connectivity index (χ1) is 9.34. The fourth-order valence-electron chi connectivity index (χ4n) is 1.39. The van der Waals surface area contributed by atoms with Crippen molar-refractivity contribution in [2.24, 2.45) is 5.92 Å². The molecule has 0 atom stereocenters. The van der Waals surface area contributed by atoms with Gasteiger partial charge in [0.15, 0.2) is 0 Å². The van der Waals surface area contributed by atoms with E-state index in [0.717, 1.165) is 0 Å². The van der Waals surface area contributed by atoms with Gasteiger partial charge in [0.05, 0.1) is 5.69 Å². The molecule has 0 aliphatic rings. The Hall–Kier alpha value is -0.970. The van der Waals surface area contributed by atoms with E-state index in [2.05, 4.69) is 31.9 Å². The molecule has 0 aliphatic heterocycles. The maximum absolute atomic E-state index is 12.4. The van der Waals surface area contributed by atoms with E-state index < -0.39 is 24.2 Å². The Kier molecular flexibility index (Phi) is 5.19. The molecule has 1 aromatic rings. The number of carbonyl (C=O) groups excluding carboxylic acids is 1. The predicted octanol–water partition coefficient (Wildman–Crippen LogP) is 4.47. The normalized spacial score (nSPS) is 12.6. The van der Waals surface area contributed by atoms with E-state index in [0.29, 0.717) is 0 Å². The van der Waals surface area contributed by atoms with Gasteiger partial charge in [-0.2, -0.15) is 26.3 Å². The Morgan fingerprint density at radius 2 is 1.43 bits per heavy atom. The molecule has 1 amide bonds. The highest BCUT2D eigenvalue weighted by molar-refractivity contribution is 9.11. The highest BCUT2D eigenvalue weighted by Crippen LogP contribution is 2.41. The number of hydrogen-bond acceptors (Lipinski definition) is 2. The second-order valence-electron chi connectivity index (χ2n) is 3.87. The van der Waals surface area contributed by atoms with Crippen LogP contribution in [0.25, 0.3) is 0 Å². The first-order valence-corrected chi connectivity index (χ1v) is 6.61. The first kappa shape index (κ1) is 18.1. The third-order valence-electron chi connectivity index (χ3n) is 2.23. The lowest BCUT2D eigenvalue weighted by molar-refractivity contribution is -0.272. The maximum Gasteiger partial charge on any atom is 0.409 e. The molecule has 0 heterocycles. The molecule has 0 saturated heterocycles. The number of nitrogens with one attached hydrogen (secondary N) is 1. The van der Waals surface area contributed by atoms with E-state index in [1.165, 1.54) is 12.1 Å². The van der Waals surface area contributed by atoms with Crippen LogP contribution in [0.2, 0.25) is 0 Å². The van der Waals surface area contributed by atoms with Crippen molar-refractivity contribution in [1.29, 1.82) is 0 Å². The molecular formula is C10H6Br2F6N2O. The summed E-state index contributed by atoms with van der Waals surface area (Å²) in [5, 5.41) is 1.59. The van der Waals surface area contributed by atoms with Crippen LogP contribution in [0.3, 0.4) is 0 Å². The minimum Gasteiger partial charge on any atom is -0.399 e. The lowest BCUT2D eigenvalue weighted by Gasteiger charge is -2.22. The number of hydrogen-bond donors (Lipinski definition) is 2. The van der Waals surface area contributed by atoms with Crippen molar-refractivity contribution in [2.75, 3.05) is 11.1 Å². The number of benzene rings is 1. The van der Waals surface area contributed by atoms with Gasteiger partial charge in [0, 0.05) is 14.6 Å². The van der Waals surface area contributed by atoms with Gasteiger partial charge in [0.25, 0.3) is 0 Å². The standard InChI is InChI=1S/C10H6Br2F6N2O/c11-4-1-3(19)2-5(12)6(4)20-8(21)7(9(13,14)15)10(16,17)18/h1-2,7H,19H2,(H,20,21). The lowest BCUT2D eigenvalue weighted by atomic mass is 10.1. The molecule has 0 fully saturated rings. The van der Waals surface area contributed by atoms with Gasteiger partial charge in [-0.1, -0.05) is 0 Å². The molecule has 1 aromatic carbocycles. The molecule has 118 valence electrons. The number of nitrogen functional groups attached to an aromatic ring is 1. The molecule has 21 heavy (non-hydrogen) atoms. The third-order valence-corrected chi connectivity index (χ3v) is 3.48. The highest BCUT2D eigenvalue weighted by Gasteiger charge is 2.61. The summed E-state index contributed by atoms with van der Waals surface area (Å²) in [4.78, 5) is 11.4. The molecule has 3 N–H and O–H groups in total. The molecule has 0 aromatic heterocycles. The van der Waals surface area contributed by atoms with E-state index >= 15 is 0 Å². The minimum atomic E-state index is -5.75. The third kappa shape index (κ3) is 4.50. The number of amides is 1. The zero-order valence-corrected chi connectivity index (χ0v) is 12.9. The Morgan fingerprint density at radius 1 is 1.05 bits per heavy atom. The molecule has 0 saturated carbocycles. The molecule has 1 rings (SSSR count). The summed E-state index contributed by atoms with van der Waals surface area (Å²) in [5.74, 6) is -6.36. The van der Waals surface area contributed by atoms with Crippen molar-refractivity contribution >= 4 is 49.1 Å². The van der Waals surface area contributed by atoms with Gasteiger partial charge in [0.2, 0.25) is 11.8 Å². The van der Waals surface area contributed by atoms with Crippen LogP contribution in [0.15, 0.2) is 21.1 Å². The Morgan fingerprint density at radius 3 is 1.76 bits per heavy atom. The minimum absolute atomic E-state index is 0.0332. The lowest BCUT2D eigenvalue weighted by Crippen LogP contribution is -2.45. The first-order valence-electron chi connectivity index (χ1n) is 5.03. The van der Waals surface area contributed by atoms with Crippen molar-refractivity contribution < 1.29 is 31.1 Å². The zero-order valence-electron chi connectivity index (χ0n) is 9.74. The molecule has 0 aliphatic carbocycles. The van der Waals surface area contributed by atoms with E-state index in [4.69, 9.17) is 5.73 Å². The van der Waals surface area contributed by atoms with Crippen LogP contribution in [0.1, 0.15) is 0 Å². The number of halogens is 8. The van der Waals surface area contributed by atoms with Crippen LogP contribution >= 0.6 is 31.9 Å². The summed E-state index contributed by atoms with van der Waals surface area (Å²) in [6.07, 6.45) is -11.5. The number of rotatable bonds is 2. The number of carbonyl (C=O) groups is 1. The van der Waals surface area contributed by atoms with Gasteiger partial charge >= 0.3 is 12.4 Å². The van der Waals surface area contributed by atoms with Gasteiger partial charge in [0.1, 0.15) is 0 Å². The summed E-state index contributed by atoms with van der Waals surface area (Å²) in [6.45, 7) is 0. The Labute approximate surface area is 131 Å². The average molecular weight is 444 g/mol. The van der Waals surface area contributed by atoms with E-state index in [1.807, 2.05) is 0 Å². The summed E-state index contributed by atoms with van der Waals surface area (Å²) in [5.41, 5.74) is 5.33. The molecule has 0 spiro atoms. The molecular weight excluding hydrogens is 438 g/mol. The van der Waals surface area contributed by atoms with E-state index in [1.54, 1.807) is 5.32 Å². The summed E-state index contributed by atoms with van der Waals surface area (Å²) in [6, 6.07) is 2.44. The van der Waals surface area contributed by atoms with Crippen LogP contribution in [-0.2, 0) is 4.79 Å². The molecule has 11 heteroatoms. The number of anilines is 2. The Balaban J connectivity index is 3.15. The predicted molar refractivity (Wildman–Crippen MR) is 70.5 cm³/mol. The van der Waals surface area contributed by atoms with E-state index in [-0.39, 0.29) is 20.3 Å². The maximum atomic E-state index is 12.4. The van der Waals surface area contributed by atoms with Crippen molar-refractivity contribution in [2.45, 2.75) is 12.4 Å². The highest BCUT2D eigenvalue weighted by atomic mass is 79.9. The van der Waals surface area contributed by atoms with Crippen molar-refractivity contribution in [3.05, 3.63) is 21.1 Å². The van der Waals surface area contributed by atoms with Crippen molar-refractivity contribution in [1.82, 2.24) is 0 Å². The Bertz CT molecular complexity index is 520. The van der Waals surface area contributed by atoms with Crippen LogP contribution in [0, 0.1) is 5.92 Å².